The van der Waals surface area contributed by atoms with Crippen molar-refractivity contribution in [2.75, 3.05) is 13.6 Å². The number of nitrogens with zero attached hydrogens (tertiary/aromatic N) is 3. The quantitative estimate of drug-likeness (QED) is 0.683. The minimum absolute atomic E-state index is 0.431. The van der Waals surface area contributed by atoms with E-state index >= 15 is 0 Å². The lowest BCUT2D eigenvalue weighted by Gasteiger charge is -2.18. The van der Waals surface area contributed by atoms with Crippen LogP contribution in [-0.4, -0.2) is 35.0 Å². The fourth-order valence-corrected chi connectivity index (χ4v) is 2.93. The maximum atomic E-state index is 12.3. The summed E-state index contributed by atoms with van der Waals surface area (Å²) in [6.45, 7) is 4.88. The van der Waals surface area contributed by atoms with Gasteiger partial charge in [0.2, 0.25) is 5.96 Å². The Morgan fingerprint density at radius 1 is 1.60 bits per heavy atom. The van der Waals surface area contributed by atoms with Crippen LogP contribution in [0.4, 0.5) is 0 Å². The predicted octanol–water partition coefficient (Wildman–Crippen LogP) is 1.92. The van der Waals surface area contributed by atoms with Crippen LogP contribution in [0.15, 0.2) is 39.3 Å². The lowest BCUT2D eigenvalue weighted by Crippen LogP contribution is -2.38. The molecule has 0 fully saturated rings. The van der Waals surface area contributed by atoms with Gasteiger partial charge in [0, 0.05) is 19.2 Å². The molecule has 1 aliphatic heterocycles. The van der Waals surface area contributed by atoms with Crippen molar-refractivity contribution in [1.29, 1.82) is 0 Å². The van der Waals surface area contributed by atoms with Crippen LogP contribution < -0.4 is 4.72 Å². The molecule has 0 amide bonds. The van der Waals surface area contributed by atoms with Gasteiger partial charge in [-0.1, -0.05) is 19.1 Å². The second-order valence-corrected chi connectivity index (χ2v) is 5.96. The average molecular weight is 292 g/mol. The van der Waals surface area contributed by atoms with Gasteiger partial charge in [0.05, 0.1) is 11.4 Å². The van der Waals surface area contributed by atoms with Crippen LogP contribution in [0.5, 0.6) is 0 Å². The second kappa shape index (κ2) is 6.65. The summed E-state index contributed by atoms with van der Waals surface area (Å²) in [4.78, 5) is 4.89. The van der Waals surface area contributed by atoms with Crippen molar-refractivity contribution in [3.05, 3.63) is 29.8 Å². The Balaban J connectivity index is 2.04. The zero-order valence-electron chi connectivity index (χ0n) is 12.0. The van der Waals surface area contributed by atoms with Crippen molar-refractivity contribution in [2.24, 2.45) is 16.0 Å². The summed E-state index contributed by atoms with van der Waals surface area (Å²) in [5.41, 5.74) is 1.08. The standard InChI is InChI=1S/C14H20N4OS/c1-4-12-9-16-18(10-12)14(15-3)17-20(19)13-7-5-6-11(2)8-13/h5-9,12H,4,10H2,1-3H3,(H,15,17). The highest BCUT2D eigenvalue weighted by Crippen LogP contribution is 2.12. The molecule has 108 valence electrons. The highest BCUT2D eigenvalue weighted by molar-refractivity contribution is 7.83. The number of hydrogen-bond acceptors (Lipinski definition) is 3. The van der Waals surface area contributed by atoms with E-state index in [0.717, 1.165) is 23.4 Å². The number of hydrogen-bond donors (Lipinski definition) is 1. The minimum atomic E-state index is -1.33. The lowest BCUT2D eigenvalue weighted by atomic mass is 10.1. The molecule has 2 atom stereocenters. The van der Waals surface area contributed by atoms with E-state index < -0.39 is 11.0 Å². The molecule has 1 N–H and O–H groups in total. The van der Waals surface area contributed by atoms with E-state index in [2.05, 4.69) is 21.7 Å². The van der Waals surface area contributed by atoms with Crippen LogP contribution in [-0.2, 0) is 11.0 Å². The topological polar surface area (TPSA) is 57.1 Å². The van der Waals surface area contributed by atoms with Gasteiger partial charge in [-0.15, -0.1) is 0 Å². The minimum Gasteiger partial charge on any atom is -0.270 e. The normalized spacial score (nSPS) is 20.2. The summed E-state index contributed by atoms with van der Waals surface area (Å²) in [5.74, 6) is 0.970. The molecule has 0 saturated heterocycles. The van der Waals surface area contributed by atoms with Gasteiger partial charge < -0.3 is 0 Å². The fourth-order valence-electron chi connectivity index (χ4n) is 1.95. The highest BCUT2D eigenvalue weighted by Gasteiger charge is 2.21. The molecule has 0 aromatic heterocycles. The van der Waals surface area contributed by atoms with E-state index in [-0.39, 0.29) is 0 Å². The first-order chi connectivity index (χ1) is 9.63. The molecule has 0 bridgehead atoms. The van der Waals surface area contributed by atoms with Gasteiger partial charge >= 0.3 is 0 Å². The molecule has 1 aromatic rings. The van der Waals surface area contributed by atoms with Crippen molar-refractivity contribution < 1.29 is 4.21 Å². The van der Waals surface area contributed by atoms with Crippen LogP contribution in [0.3, 0.4) is 0 Å². The number of benzene rings is 1. The third kappa shape index (κ3) is 3.45. The summed E-state index contributed by atoms with van der Waals surface area (Å²) >= 11 is 0. The van der Waals surface area contributed by atoms with Crippen LogP contribution in [0, 0.1) is 12.8 Å². The monoisotopic (exact) mass is 292 g/mol. The predicted molar refractivity (Wildman–Crippen MR) is 83.1 cm³/mol. The van der Waals surface area contributed by atoms with Gasteiger partial charge in [-0.3, -0.25) is 9.71 Å². The van der Waals surface area contributed by atoms with E-state index in [1.165, 1.54) is 0 Å². The zero-order valence-corrected chi connectivity index (χ0v) is 12.9. The SMILES string of the molecule is CCC1C=NN(C(=NC)NS(=O)c2cccc(C)c2)C1. The van der Waals surface area contributed by atoms with Gasteiger partial charge in [0.25, 0.3) is 0 Å². The first-order valence-corrected chi connectivity index (χ1v) is 7.82. The first kappa shape index (κ1) is 14.7. The molecule has 1 heterocycles. The van der Waals surface area contributed by atoms with Crippen molar-refractivity contribution >= 4 is 23.2 Å². The zero-order chi connectivity index (χ0) is 14.5. The summed E-state index contributed by atoms with van der Waals surface area (Å²) < 4.78 is 15.2. The number of aryl methyl sites for hydroxylation is 1. The van der Waals surface area contributed by atoms with E-state index in [1.807, 2.05) is 37.4 Å². The van der Waals surface area contributed by atoms with Gasteiger partial charge in [0.15, 0.2) is 11.0 Å². The van der Waals surface area contributed by atoms with Gasteiger partial charge in [-0.05, 0) is 31.0 Å². The largest absolute Gasteiger partial charge is 0.270 e. The molecule has 0 radical (unpaired) electrons. The van der Waals surface area contributed by atoms with Gasteiger partial charge in [-0.25, -0.2) is 9.22 Å². The third-order valence-electron chi connectivity index (χ3n) is 3.19. The molecule has 5 nitrogen and oxygen atoms in total. The lowest BCUT2D eigenvalue weighted by molar-refractivity contribution is 0.432. The number of rotatable bonds is 3. The highest BCUT2D eigenvalue weighted by atomic mass is 32.2. The van der Waals surface area contributed by atoms with Crippen molar-refractivity contribution in [1.82, 2.24) is 9.73 Å². The molecule has 0 aliphatic carbocycles. The average Bonchev–Trinajstić information content (AvgIpc) is 2.93. The van der Waals surface area contributed by atoms with Crippen LogP contribution >= 0.6 is 0 Å². The molecule has 6 heteroatoms. The smallest absolute Gasteiger partial charge is 0.226 e. The van der Waals surface area contributed by atoms with Gasteiger partial charge in [0.1, 0.15) is 0 Å². The van der Waals surface area contributed by atoms with E-state index in [4.69, 9.17) is 0 Å². The number of aliphatic imine (C=N–C) groups is 1. The molecule has 2 unspecified atom stereocenters. The Hall–Kier alpha value is -1.69. The van der Waals surface area contributed by atoms with E-state index in [1.54, 1.807) is 12.1 Å². The number of nitrogens with one attached hydrogen (secondary N) is 1. The summed E-state index contributed by atoms with van der Waals surface area (Å²) in [6, 6.07) is 7.62. The maximum Gasteiger partial charge on any atom is 0.226 e. The maximum absolute atomic E-state index is 12.3. The third-order valence-corrected chi connectivity index (χ3v) is 4.24. The molecule has 1 aromatic carbocycles. The number of hydrazone groups is 1. The van der Waals surface area contributed by atoms with Crippen molar-refractivity contribution in [2.45, 2.75) is 25.2 Å². The number of guanidine groups is 1. The van der Waals surface area contributed by atoms with Crippen LogP contribution in [0.1, 0.15) is 18.9 Å². The van der Waals surface area contributed by atoms with E-state index in [0.29, 0.717) is 11.9 Å². The molecule has 1 aliphatic rings. The van der Waals surface area contributed by atoms with Crippen LogP contribution in [0.25, 0.3) is 0 Å². The Labute approximate surface area is 122 Å². The van der Waals surface area contributed by atoms with E-state index in [9.17, 15) is 4.21 Å². The van der Waals surface area contributed by atoms with Crippen LogP contribution in [0.2, 0.25) is 0 Å². The summed E-state index contributed by atoms with van der Waals surface area (Å²) in [6.07, 6.45) is 2.96. The Morgan fingerprint density at radius 2 is 2.40 bits per heavy atom. The summed E-state index contributed by atoms with van der Waals surface area (Å²) in [5, 5.41) is 6.07. The van der Waals surface area contributed by atoms with Crippen molar-refractivity contribution in [3.8, 4) is 0 Å². The molecular weight excluding hydrogens is 272 g/mol. The summed E-state index contributed by atoms with van der Waals surface area (Å²) in [7, 11) is 0.342. The molecule has 2 rings (SSSR count). The Morgan fingerprint density at radius 3 is 3.00 bits per heavy atom. The van der Waals surface area contributed by atoms with Gasteiger partial charge in [-0.2, -0.15) is 5.10 Å². The Kier molecular flexibility index (Phi) is 4.89. The molecular formula is C14H20N4OS. The van der Waals surface area contributed by atoms with Crippen molar-refractivity contribution in [3.63, 3.8) is 0 Å². The fraction of sp³-hybridized carbons (Fsp3) is 0.429. The molecule has 0 saturated carbocycles. The Bertz CT molecular complexity index is 556. The molecule has 0 spiro atoms. The molecule has 20 heavy (non-hydrogen) atoms. The first-order valence-electron chi connectivity index (χ1n) is 6.67. The second-order valence-electron chi connectivity index (χ2n) is 4.75.